The minimum atomic E-state index is -1.81. The van der Waals surface area contributed by atoms with E-state index in [4.69, 9.17) is 0 Å². The van der Waals surface area contributed by atoms with E-state index in [9.17, 15) is 14.7 Å². The van der Waals surface area contributed by atoms with Crippen molar-refractivity contribution in [3.63, 3.8) is 0 Å². The molecule has 2 atom stereocenters. The fraction of sp³-hybridized carbons (Fsp3) is 0.200. The van der Waals surface area contributed by atoms with Gasteiger partial charge in [-0.3, -0.25) is 14.5 Å². The molecule has 1 saturated heterocycles. The molecule has 1 fully saturated rings. The molecule has 5 nitrogen and oxygen atoms in total. The topological polar surface area (TPSA) is 60.9 Å². The van der Waals surface area contributed by atoms with Gasteiger partial charge in [-0.05, 0) is 42.0 Å². The van der Waals surface area contributed by atoms with Crippen LogP contribution in [0.15, 0.2) is 77.3 Å². The van der Waals surface area contributed by atoms with E-state index in [1.165, 1.54) is 4.90 Å². The third-order valence-electron chi connectivity index (χ3n) is 6.48. The smallest absolute Gasteiger partial charge is 0.231 e. The maximum atomic E-state index is 13.8. The molecule has 1 heterocycles. The first kappa shape index (κ1) is 20.0. The summed E-state index contributed by atoms with van der Waals surface area (Å²) in [6.07, 6.45) is -0.103. The van der Waals surface area contributed by atoms with Gasteiger partial charge in [-0.15, -0.1) is 0 Å². The SMILES string of the molecule is CN(C)c1ccc(C23CC(=O)N(c4ccc(Br)cc4)C2(O)c2ccccc2C3=O)cc1. The number of ketones is 1. The Kier molecular flexibility index (Phi) is 4.36. The van der Waals surface area contributed by atoms with E-state index in [1.807, 2.05) is 55.4 Å². The summed E-state index contributed by atoms with van der Waals surface area (Å²) in [5.74, 6) is -0.513. The van der Waals surface area contributed by atoms with Crippen LogP contribution in [0.5, 0.6) is 0 Å². The molecule has 2 unspecified atom stereocenters. The first-order chi connectivity index (χ1) is 14.8. The Hall–Kier alpha value is -2.96. The highest BCUT2D eigenvalue weighted by molar-refractivity contribution is 9.10. The Labute approximate surface area is 189 Å². The number of halogens is 1. The molecule has 0 saturated carbocycles. The fourth-order valence-corrected chi connectivity index (χ4v) is 5.27. The maximum Gasteiger partial charge on any atom is 0.231 e. The molecule has 31 heavy (non-hydrogen) atoms. The predicted octanol–water partition coefficient (Wildman–Crippen LogP) is 4.23. The lowest BCUT2D eigenvalue weighted by Gasteiger charge is -2.40. The first-order valence-electron chi connectivity index (χ1n) is 10.0. The van der Waals surface area contributed by atoms with E-state index in [1.54, 1.807) is 36.4 Å². The zero-order valence-electron chi connectivity index (χ0n) is 17.2. The van der Waals surface area contributed by atoms with Gasteiger partial charge in [-0.25, -0.2) is 0 Å². The molecule has 2 aliphatic rings. The molecule has 3 aromatic rings. The van der Waals surface area contributed by atoms with E-state index >= 15 is 0 Å². The molecular weight excluding hydrogens is 456 g/mol. The molecule has 156 valence electrons. The molecule has 5 rings (SSSR count). The lowest BCUT2D eigenvalue weighted by molar-refractivity contribution is -0.118. The summed E-state index contributed by atoms with van der Waals surface area (Å²) in [7, 11) is 3.88. The highest BCUT2D eigenvalue weighted by atomic mass is 79.9. The summed E-state index contributed by atoms with van der Waals surface area (Å²) in [6, 6.07) is 21.8. The highest BCUT2D eigenvalue weighted by Crippen LogP contribution is 2.60. The minimum absolute atomic E-state index is 0.103. The molecule has 0 spiro atoms. The van der Waals surface area contributed by atoms with Gasteiger partial charge in [0.2, 0.25) is 5.91 Å². The van der Waals surface area contributed by atoms with Crippen LogP contribution in [0.25, 0.3) is 0 Å². The molecular formula is C25H21BrN2O3. The van der Waals surface area contributed by atoms with Crippen LogP contribution in [0.1, 0.15) is 27.9 Å². The van der Waals surface area contributed by atoms with E-state index < -0.39 is 11.1 Å². The Morgan fingerprint density at radius 1 is 0.935 bits per heavy atom. The van der Waals surface area contributed by atoms with Gasteiger partial charge in [0.15, 0.2) is 11.5 Å². The lowest BCUT2D eigenvalue weighted by atomic mass is 9.71. The van der Waals surface area contributed by atoms with Crippen molar-refractivity contribution in [3.8, 4) is 0 Å². The van der Waals surface area contributed by atoms with Crippen molar-refractivity contribution < 1.29 is 14.7 Å². The Balaban J connectivity index is 1.78. The second-order valence-electron chi connectivity index (χ2n) is 8.28. The van der Waals surface area contributed by atoms with E-state index in [2.05, 4.69) is 15.9 Å². The van der Waals surface area contributed by atoms with Crippen molar-refractivity contribution in [2.45, 2.75) is 17.6 Å². The van der Waals surface area contributed by atoms with Gasteiger partial charge >= 0.3 is 0 Å². The standard InChI is InChI=1S/C25H21BrN2O3/c1-27(2)18-11-7-16(8-12-18)24-15-22(29)28(19-13-9-17(26)10-14-19)25(24,31)21-6-4-3-5-20(21)23(24)30/h3-14,31H,15H2,1-2H3. The molecule has 1 N–H and O–H groups in total. The Morgan fingerprint density at radius 2 is 1.58 bits per heavy atom. The number of nitrogens with zero attached hydrogens (tertiary/aromatic N) is 2. The number of rotatable bonds is 3. The zero-order valence-corrected chi connectivity index (χ0v) is 18.8. The number of anilines is 2. The van der Waals surface area contributed by atoms with Crippen LogP contribution in [0, 0.1) is 0 Å². The number of aliphatic hydroxyl groups is 1. The summed E-state index contributed by atoms with van der Waals surface area (Å²) in [5, 5.41) is 12.4. The second-order valence-corrected chi connectivity index (χ2v) is 9.19. The summed E-state index contributed by atoms with van der Waals surface area (Å²) in [6.45, 7) is 0. The average Bonchev–Trinajstić information content (AvgIpc) is 3.12. The van der Waals surface area contributed by atoms with Crippen LogP contribution < -0.4 is 9.80 Å². The quantitative estimate of drug-likeness (QED) is 0.614. The first-order valence-corrected chi connectivity index (χ1v) is 10.8. The summed E-state index contributed by atoms with van der Waals surface area (Å²) in [5.41, 5.74) is -0.152. The van der Waals surface area contributed by atoms with Crippen molar-refractivity contribution >= 4 is 39.0 Å². The van der Waals surface area contributed by atoms with Crippen LogP contribution in [-0.4, -0.2) is 30.9 Å². The third-order valence-corrected chi connectivity index (χ3v) is 7.01. The molecule has 0 aromatic heterocycles. The van der Waals surface area contributed by atoms with Crippen molar-refractivity contribution in [2.75, 3.05) is 23.9 Å². The van der Waals surface area contributed by atoms with Gasteiger partial charge in [0.25, 0.3) is 0 Å². The van der Waals surface area contributed by atoms with Gasteiger partial charge < -0.3 is 10.0 Å². The summed E-state index contributed by atoms with van der Waals surface area (Å²) in [4.78, 5) is 30.6. The van der Waals surface area contributed by atoms with Gasteiger partial charge in [-0.1, -0.05) is 52.3 Å². The zero-order chi connectivity index (χ0) is 22.0. The van der Waals surface area contributed by atoms with Crippen molar-refractivity contribution in [2.24, 2.45) is 0 Å². The third kappa shape index (κ3) is 2.52. The largest absolute Gasteiger partial charge is 0.378 e. The van der Waals surface area contributed by atoms with E-state index in [0.29, 0.717) is 22.4 Å². The van der Waals surface area contributed by atoms with E-state index in [0.717, 1.165) is 10.2 Å². The Bertz CT molecular complexity index is 1210. The number of carbonyl (C=O) groups is 2. The normalized spacial score (nSPS) is 24.3. The van der Waals surface area contributed by atoms with Gasteiger partial charge in [-0.2, -0.15) is 0 Å². The highest BCUT2D eigenvalue weighted by Gasteiger charge is 2.72. The average molecular weight is 477 g/mol. The molecule has 0 radical (unpaired) electrons. The second kappa shape index (κ2) is 6.77. The van der Waals surface area contributed by atoms with Gasteiger partial charge in [0.1, 0.15) is 5.41 Å². The molecule has 0 bridgehead atoms. The van der Waals surface area contributed by atoms with Crippen LogP contribution in [-0.2, 0) is 15.9 Å². The Morgan fingerprint density at radius 3 is 2.23 bits per heavy atom. The molecule has 6 heteroatoms. The van der Waals surface area contributed by atoms with Crippen molar-refractivity contribution in [1.82, 2.24) is 0 Å². The number of carbonyl (C=O) groups excluding carboxylic acids is 2. The number of fused-ring (bicyclic) bond motifs is 3. The monoisotopic (exact) mass is 476 g/mol. The van der Waals surface area contributed by atoms with Crippen molar-refractivity contribution in [1.29, 1.82) is 0 Å². The van der Waals surface area contributed by atoms with Gasteiger partial charge in [0, 0.05) is 47.5 Å². The summed E-state index contributed by atoms with van der Waals surface area (Å²) >= 11 is 3.42. The number of amides is 1. The summed E-state index contributed by atoms with van der Waals surface area (Å²) < 4.78 is 0.864. The van der Waals surface area contributed by atoms with Gasteiger partial charge in [0.05, 0.1) is 0 Å². The molecule has 1 aliphatic carbocycles. The molecule has 1 amide bonds. The van der Waals surface area contributed by atoms with Crippen LogP contribution in [0.3, 0.4) is 0 Å². The van der Waals surface area contributed by atoms with Crippen LogP contribution in [0.4, 0.5) is 11.4 Å². The predicted molar refractivity (Wildman–Crippen MR) is 123 cm³/mol. The van der Waals surface area contributed by atoms with E-state index in [-0.39, 0.29) is 18.1 Å². The number of benzene rings is 3. The van der Waals surface area contributed by atoms with Crippen LogP contribution in [0.2, 0.25) is 0 Å². The molecule has 3 aromatic carbocycles. The fourth-order valence-electron chi connectivity index (χ4n) is 5.00. The number of hydrogen-bond donors (Lipinski definition) is 1. The van der Waals surface area contributed by atoms with Crippen molar-refractivity contribution in [3.05, 3.63) is 94.0 Å². The lowest BCUT2D eigenvalue weighted by Crippen LogP contribution is -2.53. The minimum Gasteiger partial charge on any atom is -0.378 e. The van der Waals surface area contributed by atoms with Crippen LogP contribution >= 0.6 is 15.9 Å². The number of Topliss-reactive ketones (excluding diaryl/α,β-unsaturated/α-hetero) is 1. The number of hydrogen-bond acceptors (Lipinski definition) is 4. The maximum absolute atomic E-state index is 13.8. The molecule has 1 aliphatic heterocycles.